The number of carboxylic acids is 1. The summed E-state index contributed by atoms with van der Waals surface area (Å²) < 4.78 is 112. The molecular weight excluding hydrogens is 2050 g/mol. The van der Waals surface area contributed by atoms with Crippen molar-refractivity contribution in [2.75, 3.05) is 42.2 Å². The second kappa shape index (κ2) is 43.3. The number of fused-ring (bicyclic) bond motifs is 1. The number of hydrogen-bond acceptors (Lipinski definition) is 36. The largest absolute Gasteiger partial charge is 0.537 e. The van der Waals surface area contributed by atoms with Crippen molar-refractivity contribution in [3.05, 3.63) is 108 Å². The highest BCUT2D eigenvalue weighted by Gasteiger charge is 2.72. The molecule has 13 aliphatic rings. The molecule has 9 N–H and O–H groups in total. The van der Waals surface area contributed by atoms with E-state index in [-0.39, 0.29) is 95.6 Å². The van der Waals surface area contributed by atoms with Crippen LogP contribution in [-0.4, -0.2) is 215 Å². The lowest BCUT2D eigenvalue weighted by molar-refractivity contribution is -0.199. The molecule has 9 saturated carbocycles. The molecule has 31 nitrogen and oxygen atoms in total. The Morgan fingerprint density at radius 3 is 1.35 bits per heavy atom. The van der Waals surface area contributed by atoms with Crippen LogP contribution in [0.3, 0.4) is 0 Å². The minimum Gasteiger partial charge on any atom is -0.535 e. The van der Waals surface area contributed by atoms with Gasteiger partial charge in [0.25, 0.3) is 0 Å². The SMILES string of the molecule is CS(=O)c1ccc(C[C@H](Sc2nnc(N)s2)B2OC3CC4CC(C4(C)C)[C@]3(C)O2)c(OC(=O)OC(C)(C)C)c1C(=O)OC(C)(C)C.CS(=O)c1ccc2c(c1C(=O)O)OB(O)[C@@H](Sc1nnc(N)s1)C2.CSc1ccc(C[C@@H](Cl)B2OC3CC4CC(C4(C)C)[C@]3(C)O2)c(C)c1C(=O)OC(C)(C)C.Cc1c(C[C@@H](Cl)B2OC3CC4CC(C4(C)C)[C@]3(C)O2)ccc(S(C)=O)c1C(=O)OC(C)(C)C.Nc1n[nH]c(=S)s1. The van der Waals surface area contributed by atoms with E-state index in [1.54, 1.807) is 83.8 Å². The number of nitrogens with zero attached hydrogens (tertiary/aromatic N) is 5. The number of aromatic amines is 1. The van der Waals surface area contributed by atoms with Crippen LogP contribution in [0.2, 0.25) is 0 Å². The average molecular weight is 2190 g/mol. The van der Waals surface area contributed by atoms with Gasteiger partial charge in [0, 0.05) is 23.7 Å². The minimum atomic E-state index is -1.62. The number of nitrogens with one attached hydrogen (secondary N) is 1. The van der Waals surface area contributed by atoms with Gasteiger partial charge in [-0.15, -0.1) is 60.5 Å². The Balaban J connectivity index is 0.000000159. The number of carbonyl (C=O) groups is 5. The minimum absolute atomic E-state index is 0.0660. The van der Waals surface area contributed by atoms with E-state index in [1.807, 2.05) is 73.8 Å². The number of carbonyl (C=O) groups excluding carboxylic acids is 4. The number of carboxylic acid groups (broad SMARTS) is 1. The summed E-state index contributed by atoms with van der Waals surface area (Å²) in [7, 11) is -7.25. The quantitative estimate of drug-likeness (QED) is 0.00698. The Morgan fingerprint density at radius 2 is 0.944 bits per heavy atom. The smallest absolute Gasteiger partial charge is 0.535 e. The highest BCUT2D eigenvalue weighted by Crippen LogP contribution is 2.69. The van der Waals surface area contributed by atoms with Gasteiger partial charge in [-0.05, 0) is 310 Å². The number of H-pyrrole nitrogens is 1. The molecule has 7 heterocycles. The number of ether oxygens (including phenoxy) is 5. The van der Waals surface area contributed by atoms with Gasteiger partial charge in [0.1, 0.15) is 39.3 Å². The van der Waals surface area contributed by atoms with Crippen molar-refractivity contribution in [2.45, 2.75) is 330 Å². The number of alkyl halides is 2. The molecule has 0 amide bonds. The molecule has 12 fully saturated rings. The number of nitrogens with two attached hydrogens (primary N) is 3. The lowest BCUT2D eigenvalue weighted by Crippen LogP contribution is -2.65. The molecule has 6 bridgehead atoms. The molecule has 4 aromatic carbocycles. The van der Waals surface area contributed by atoms with Crippen molar-refractivity contribution >= 4 is 211 Å². The van der Waals surface area contributed by atoms with E-state index >= 15 is 0 Å². The molecular formula is C95H131B4Cl2N9O22S10. The number of aromatic carboxylic acids is 1. The standard InChI is InChI=1S/C31H44BN3O8S3.C25H36BClO5S.C25H36BClO4S.C12H12BN3O5S3.C2H3N3S2/c1-28(2,3)40-24(36)22-18(46(10)38)12-11-16(23(22)39-27(37)41-29(4,5)6)13-21(44-26-35-34-25(33)45-26)32-42-20-15-17-14-19(30(17,7)8)31(20,9)43-32;1-14-15(9-10-17(33(8)29)21(14)22(28)30-23(2,3)4)11-20(27)26-31-19-13-16-12-18(24(16,5)6)25(19,7)32-26;1-14-15(9-10-17(32-8)21(14)22(28)29-23(2,3)4)11-20(27)26-30-19-13-16-12-18(24(16,5)6)25(19,7)31-26;1-24(20)6-3-2-5-4-7(22-12-16-15-11(14)23-12)13(19)21-9(5)8(6)10(17)18;3-1-4-5-2(6)7-1/h11-12,17,19-21H,13-15H2,1-10H3,(H2,33,34);9-10,16,18-20H,11-13H2,1-8H3;9-10,16,18-20H,11-13H2,1-8H3;2-3,7,19H,4H2,1H3,(H2,14,15)(H,17,18);(H2,3,4)(H,5,6)/t17?,19?,20?,21-,31-,46?;16?,18?,19?,20-,25+,33?;16?,18?,19?,20-,25+;7-,24?;/m0110./s1. The van der Waals surface area contributed by atoms with Gasteiger partial charge in [-0.2, -0.15) is 0 Å². The molecule has 3 aromatic heterocycles. The third kappa shape index (κ3) is 24.7. The molecule has 19 atom stereocenters. The van der Waals surface area contributed by atoms with E-state index in [0.29, 0.717) is 115 Å². The normalized spacial score (nSPS) is 26.6. The molecule has 3 saturated heterocycles. The van der Waals surface area contributed by atoms with E-state index < -0.39 is 123 Å². The maximum Gasteiger partial charge on any atom is 0.537 e. The van der Waals surface area contributed by atoms with E-state index in [2.05, 4.69) is 111 Å². The number of anilines is 3. The summed E-state index contributed by atoms with van der Waals surface area (Å²) in [6.07, 6.45) is 13.6. The number of thioether (sulfide) groups is 3. The molecule has 12 unspecified atom stereocenters. The predicted molar refractivity (Wildman–Crippen MR) is 566 cm³/mol. The summed E-state index contributed by atoms with van der Waals surface area (Å²) in [5, 5.41) is 41.2. The van der Waals surface area contributed by atoms with E-state index in [9.17, 15) is 46.7 Å². The van der Waals surface area contributed by atoms with Gasteiger partial charge in [0.05, 0.1) is 114 Å². The van der Waals surface area contributed by atoms with E-state index in [0.717, 1.165) is 52.8 Å². The van der Waals surface area contributed by atoms with Crippen LogP contribution in [0.4, 0.5) is 20.2 Å². The maximum atomic E-state index is 13.7. The molecule has 142 heavy (non-hydrogen) atoms. The molecule has 9 aliphatic carbocycles. The Hall–Kier alpha value is -5.81. The average Bonchev–Trinajstić information content (AvgIpc) is 1.48. The number of aromatic nitrogens is 6. The fourth-order valence-electron chi connectivity index (χ4n) is 21.7. The molecule has 0 spiro atoms. The first-order valence-electron chi connectivity index (χ1n) is 47.2. The van der Waals surface area contributed by atoms with Crippen LogP contribution in [-0.2, 0) is 105 Å². The monoisotopic (exact) mass is 2180 g/mol. The predicted octanol–water partition coefficient (Wildman–Crippen LogP) is 18.7. The summed E-state index contributed by atoms with van der Waals surface area (Å²) in [5.41, 5.74) is 18.8. The number of rotatable bonds is 22. The van der Waals surface area contributed by atoms with Gasteiger partial charge in [0.15, 0.2) is 18.4 Å². The first-order valence-corrected chi connectivity index (χ1v) is 58.5. The molecule has 4 aliphatic heterocycles. The lowest BCUT2D eigenvalue weighted by Gasteiger charge is -2.64. The summed E-state index contributed by atoms with van der Waals surface area (Å²) >= 11 is 26.3. The molecule has 7 aromatic rings. The van der Waals surface area contributed by atoms with Crippen LogP contribution >= 0.6 is 105 Å². The van der Waals surface area contributed by atoms with Crippen LogP contribution in [0, 0.1) is 69.6 Å². The zero-order valence-electron chi connectivity index (χ0n) is 85.4. The first kappa shape index (κ1) is 113. The van der Waals surface area contributed by atoms with E-state index in [1.165, 1.54) is 89.0 Å². The zero-order valence-corrected chi connectivity index (χ0v) is 95.0. The number of nitrogen functional groups attached to an aromatic ring is 3. The van der Waals surface area contributed by atoms with Gasteiger partial charge in [-0.25, -0.2) is 24.0 Å². The summed E-state index contributed by atoms with van der Waals surface area (Å²) in [4.78, 5) is 66.0. The van der Waals surface area contributed by atoms with Crippen LogP contribution in [0.25, 0.3) is 0 Å². The molecule has 20 rings (SSSR count). The first-order chi connectivity index (χ1) is 65.7. The van der Waals surface area contributed by atoms with Crippen molar-refractivity contribution < 1.29 is 103 Å². The van der Waals surface area contributed by atoms with Crippen LogP contribution in [0.5, 0.6) is 11.5 Å². The van der Waals surface area contributed by atoms with Gasteiger partial charge in [0.2, 0.25) is 15.4 Å². The van der Waals surface area contributed by atoms with Gasteiger partial charge < -0.3 is 83.6 Å². The topological polar surface area (TPSA) is 446 Å². The summed E-state index contributed by atoms with van der Waals surface area (Å²) in [6, 6.07) is 14.2. The van der Waals surface area contributed by atoms with Gasteiger partial charge in [-0.1, -0.05) is 123 Å². The molecule has 0 radical (unpaired) electrons. The Labute approximate surface area is 880 Å². The Bertz CT molecular complexity index is 6050. The van der Waals surface area contributed by atoms with Crippen LogP contribution < -0.4 is 26.6 Å². The number of benzene rings is 4. The fraction of sp³-hybridized carbons (Fsp3) is 0.632. The van der Waals surface area contributed by atoms with Crippen LogP contribution in [0.15, 0.2) is 76.8 Å². The second-order valence-corrected chi connectivity index (χ2v) is 56.9. The lowest BCUT2D eigenvalue weighted by atomic mass is 9.43. The maximum absolute atomic E-state index is 13.7. The second-order valence-electron chi connectivity index (χ2n) is 44.2. The summed E-state index contributed by atoms with van der Waals surface area (Å²) in [5.74, 6) is 0.501. The van der Waals surface area contributed by atoms with E-state index in [4.69, 9.17) is 96.7 Å². The highest BCUT2D eigenvalue weighted by atomic mass is 35.5. The fourth-order valence-corrected chi connectivity index (χ4v) is 29.7. The Kier molecular flexibility index (Phi) is 34.5. The van der Waals surface area contributed by atoms with Crippen LogP contribution in [0.1, 0.15) is 259 Å². The van der Waals surface area contributed by atoms with Crippen molar-refractivity contribution in [1.82, 2.24) is 30.6 Å². The molecule has 774 valence electrons. The van der Waals surface area contributed by atoms with Gasteiger partial charge in [-0.3, -0.25) is 17.7 Å². The van der Waals surface area contributed by atoms with Crippen molar-refractivity contribution in [3.8, 4) is 11.5 Å². The van der Waals surface area contributed by atoms with Crippen molar-refractivity contribution in [1.29, 1.82) is 0 Å². The molecule has 47 heteroatoms. The van der Waals surface area contributed by atoms with Crippen molar-refractivity contribution in [3.63, 3.8) is 0 Å². The number of esters is 3. The highest BCUT2D eigenvalue weighted by molar-refractivity contribution is 8.03. The number of halogens is 2. The Morgan fingerprint density at radius 1 is 0.542 bits per heavy atom. The van der Waals surface area contributed by atoms with Gasteiger partial charge >= 0.3 is 58.5 Å². The number of hydrogen-bond donors (Lipinski definition) is 6. The van der Waals surface area contributed by atoms with Crippen molar-refractivity contribution in [2.24, 2.45) is 51.8 Å². The summed E-state index contributed by atoms with van der Waals surface area (Å²) in [6.45, 7) is 45.8. The third-order valence-corrected chi connectivity index (χ3v) is 38.5. The third-order valence-electron chi connectivity index (χ3n) is 29.1. The zero-order chi connectivity index (χ0) is 105.